The molecule has 1 aromatic carbocycles. The van der Waals surface area contributed by atoms with Crippen LogP contribution in [0, 0.1) is 13.8 Å². The Balaban J connectivity index is 2.66. The van der Waals surface area contributed by atoms with Gasteiger partial charge in [-0.25, -0.2) is 4.79 Å². The second kappa shape index (κ2) is 6.36. The molecule has 0 N–H and O–H groups in total. The van der Waals surface area contributed by atoms with Crippen molar-refractivity contribution in [2.45, 2.75) is 33.7 Å². The van der Waals surface area contributed by atoms with Crippen LogP contribution in [0.3, 0.4) is 0 Å². The molecule has 4 heteroatoms. The van der Waals surface area contributed by atoms with E-state index in [-0.39, 0.29) is 18.6 Å². The summed E-state index contributed by atoms with van der Waals surface area (Å²) in [4.78, 5) is 25.2. The fourth-order valence-corrected chi connectivity index (χ4v) is 1.55. The molecule has 0 heterocycles. The third-order valence-electron chi connectivity index (χ3n) is 3.11. The summed E-state index contributed by atoms with van der Waals surface area (Å²) in [6, 6.07) is 5.67. The number of carbonyl (C=O) groups excluding carboxylic acids is 2. The zero-order chi connectivity index (χ0) is 14.6. The maximum atomic E-state index is 11.9. The molecule has 1 amide bonds. The molecule has 0 unspecified atom stereocenters. The van der Waals surface area contributed by atoms with E-state index in [4.69, 9.17) is 4.74 Å². The number of esters is 1. The van der Waals surface area contributed by atoms with Gasteiger partial charge in [0.15, 0.2) is 6.61 Å². The van der Waals surface area contributed by atoms with Gasteiger partial charge in [-0.3, -0.25) is 4.79 Å². The normalized spacial score (nSPS) is 10.4. The summed E-state index contributed by atoms with van der Waals surface area (Å²) in [7, 11) is 1.69. The van der Waals surface area contributed by atoms with Crippen molar-refractivity contribution in [3.05, 3.63) is 34.9 Å². The summed E-state index contributed by atoms with van der Waals surface area (Å²) in [5.74, 6) is -0.652. The summed E-state index contributed by atoms with van der Waals surface area (Å²) >= 11 is 0. The Labute approximate surface area is 114 Å². The van der Waals surface area contributed by atoms with Crippen LogP contribution in [0.25, 0.3) is 0 Å². The first-order valence-electron chi connectivity index (χ1n) is 6.33. The molecule has 0 aliphatic heterocycles. The number of rotatable bonds is 4. The first kappa shape index (κ1) is 15.2. The Bertz CT molecular complexity index is 480. The first-order chi connectivity index (χ1) is 8.82. The lowest BCUT2D eigenvalue weighted by Gasteiger charge is -2.21. The van der Waals surface area contributed by atoms with Crippen LogP contribution in [0.4, 0.5) is 0 Å². The van der Waals surface area contributed by atoms with E-state index in [1.807, 2.05) is 39.8 Å². The average molecular weight is 263 g/mol. The molecule has 0 aliphatic carbocycles. The van der Waals surface area contributed by atoms with Crippen LogP contribution in [0.1, 0.15) is 35.3 Å². The summed E-state index contributed by atoms with van der Waals surface area (Å²) in [6.45, 7) is 7.35. The highest BCUT2D eigenvalue weighted by atomic mass is 16.5. The molecule has 0 saturated heterocycles. The monoisotopic (exact) mass is 263 g/mol. The van der Waals surface area contributed by atoms with E-state index >= 15 is 0 Å². The second-order valence-electron chi connectivity index (χ2n) is 4.99. The third kappa shape index (κ3) is 4.09. The SMILES string of the molecule is Cc1ccc(C)c(C(=O)OCC(=O)N(C)C(C)C)c1. The Morgan fingerprint density at radius 2 is 1.89 bits per heavy atom. The van der Waals surface area contributed by atoms with Crippen LogP contribution in [-0.4, -0.2) is 36.5 Å². The number of nitrogens with zero attached hydrogens (tertiary/aromatic N) is 1. The quantitative estimate of drug-likeness (QED) is 0.783. The number of amides is 1. The van der Waals surface area contributed by atoms with Crippen LogP contribution >= 0.6 is 0 Å². The van der Waals surface area contributed by atoms with E-state index in [1.54, 1.807) is 18.0 Å². The lowest BCUT2D eigenvalue weighted by atomic mass is 10.1. The van der Waals surface area contributed by atoms with Crippen molar-refractivity contribution in [3.8, 4) is 0 Å². The summed E-state index contributed by atoms with van der Waals surface area (Å²) < 4.78 is 5.07. The van der Waals surface area contributed by atoms with E-state index < -0.39 is 5.97 Å². The molecule has 104 valence electrons. The fourth-order valence-electron chi connectivity index (χ4n) is 1.55. The molecule has 0 spiro atoms. The van der Waals surface area contributed by atoms with Gasteiger partial charge in [0, 0.05) is 13.1 Å². The lowest BCUT2D eigenvalue weighted by molar-refractivity contribution is -0.134. The van der Waals surface area contributed by atoms with E-state index in [2.05, 4.69) is 0 Å². The number of hydrogen-bond acceptors (Lipinski definition) is 3. The molecular formula is C15H21NO3. The highest BCUT2D eigenvalue weighted by Gasteiger charge is 2.16. The van der Waals surface area contributed by atoms with Crippen LogP contribution in [0.5, 0.6) is 0 Å². The molecule has 0 fully saturated rings. The van der Waals surface area contributed by atoms with Gasteiger partial charge in [0.2, 0.25) is 0 Å². The number of ether oxygens (including phenoxy) is 1. The minimum atomic E-state index is -0.452. The van der Waals surface area contributed by atoms with Gasteiger partial charge in [0.25, 0.3) is 5.91 Å². The van der Waals surface area contributed by atoms with Gasteiger partial charge >= 0.3 is 5.97 Å². The van der Waals surface area contributed by atoms with E-state index in [9.17, 15) is 9.59 Å². The van der Waals surface area contributed by atoms with Gasteiger partial charge in [-0.05, 0) is 39.3 Å². The lowest BCUT2D eigenvalue weighted by Crippen LogP contribution is -2.36. The number of hydrogen-bond donors (Lipinski definition) is 0. The van der Waals surface area contributed by atoms with E-state index in [0.717, 1.165) is 11.1 Å². The van der Waals surface area contributed by atoms with Crippen molar-refractivity contribution in [1.82, 2.24) is 4.90 Å². The molecule has 0 radical (unpaired) electrons. The average Bonchev–Trinajstić information content (AvgIpc) is 2.37. The molecule has 1 rings (SSSR count). The summed E-state index contributed by atoms with van der Waals surface area (Å²) in [5, 5.41) is 0. The maximum Gasteiger partial charge on any atom is 0.338 e. The summed E-state index contributed by atoms with van der Waals surface area (Å²) in [5.41, 5.74) is 2.35. The Morgan fingerprint density at radius 1 is 1.26 bits per heavy atom. The van der Waals surface area contributed by atoms with Crippen molar-refractivity contribution >= 4 is 11.9 Å². The van der Waals surface area contributed by atoms with Crippen molar-refractivity contribution in [1.29, 1.82) is 0 Å². The number of likely N-dealkylation sites (N-methyl/N-ethyl adjacent to an activating group) is 1. The van der Waals surface area contributed by atoms with E-state index in [1.165, 1.54) is 0 Å². The minimum absolute atomic E-state index is 0.0897. The zero-order valence-corrected chi connectivity index (χ0v) is 12.2. The predicted octanol–water partition coefficient (Wildman–Crippen LogP) is 2.33. The van der Waals surface area contributed by atoms with Gasteiger partial charge in [0.1, 0.15) is 0 Å². The molecule has 0 atom stereocenters. The van der Waals surface area contributed by atoms with Crippen molar-refractivity contribution in [2.24, 2.45) is 0 Å². The first-order valence-corrected chi connectivity index (χ1v) is 6.33. The molecule has 1 aromatic rings. The van der Waals surface area contributed by atoms with Crippen LogP contribution in [0.2, 0.25) is 0 Å². The van der Waals surface area contributed by atoms with Gasteiger partial charge in [-0.1, -0.05) is 17.7 Å². The molecule has 0 aliphatic rings. The molecule has 4 nitrogen and oxygen atoms in total. The molecular weight excluding hydrogens is 242 g/mol. The van der Waals surface area contributed by atoms with Crippen molar-refractivity contribution < 1.29 is 14.3 Å². The molecule has 0 saturated carbocycles. The highest BCUT2D eigenvalue weighted by Crippen LogP contribution is 2.12. The van der Waals surface area contributed by atoms with Gasteiger partial charge in [-0.15, -0.1) is 0 Å². The van der Waals surface area contributed by atoms with E-state index in [0.29, 0.717) is 5.56 Å². The Morgan fingerprint density at radius 3 is 2.47 bits per heavy atom. The number of benzene rings is 1. The predicted molar refractivity (Wildman–Crippen MR) is 74.1 cm³/mol. The van der Waals surface area contributed by atoms with Gasteiger partial charge < -0.3 is 9.64 Å². The van der Waals surface area contributed by atoms with Crippen LogP contribution in [0.15, 0.2) is 18.2 Å². The standard InChI is InChI=1S/C15H21NO3/c1-10(2)16(5)14(17)9-19-15(18)13-8-11(3)6-7-12(13)4/h6-8,10H,9H2,1-5H3. The van der Waals surface area contributed by atoms with Crippen LogP contribution in [-0.2, 0) is 9.53 Å². The van der Waals surface area contributed by atoms with Crippen LogP contribution < -0.4 is 0 Å². The Kier molecular flexibility index (Phi) is 5.10. The molecule has 0 aromatic heterocycles. The number of carbonyl (C=O) groups is 2. The second-order valence-corrected chi connectivity index (χ2v) is 4.99. The third-order valence-corrected chi connectivity index (χ3v) is 3.11. The topological polar surface area (TPSA) is 46.6 Å². The molecule has 0 bridgehead atoms. The summed E-state index contributed by atoms with van der Waals surface area (Å²) in [6.07, 6.45) is 0. The highest BCUT2D eigenvalue weighted by molar-refractivity contribution is 5.92. The molecule has 19 heavy (non-hydrogen) atoms. The Hall–Kier alpha value is -1.84. The number of aryl methyl sites for hydroxylation is 2. The maximum absolute atomic E-state index is 11.9. The largest absolute Gasteiger partial charge is 0.452 e. The minimum Gasteiger partial charge on any atom is -0.452 e. The smallest absolute Gasteiger partial charge is 0.338 e. The van der Waals surface area contributed by atoms with Crippen molar-refractivity contribution in [2.75, 3.05) is 13.7 Å². The van der Waals surface area contributed by atoms with Crippen molar-refractivity contribution in [3.63, 3.8) is 0 Å². The zero-order valence-electron chi connectivity index (χ0n) is 12.2. The van der Waals surface area contributed by atoms with Gasteiger partial charge in [-0.2, -0.15) is 0 Å². The van der Waals surface area contributed by atoms with Gasteiger partial charge in [0.05, 0.1) is 5.56 Å². The fraction of sp³-hybridized carbons (Fsp3) is 0.467.